The van der Waals surface area contributed by atoms with Gasteiger partial charge >= 0.3 is 5.97 Å². The zero-order chi connectivity index (χ0) is 15.8. The van der Waals surface area contributed by atoms with E-state index in [1.165, 1.54) is 18.9 Å². The van der Waals surface area contributed by atoms with Gasteiger partial charge in [-0.15, -0.1) is 0 Å². The lowest BCUT2D eigenvalue weighted by atomic mass is 10.1. The van der Waals surface area contributed by atoms with Crippen LogP contribution < -0.4 is 5.32 Å². The van der Waals surface area contributed by atoms with Crippen LogP contribution in [0, 0.1) is 5.92 Å². The summed E-state index contributed by atoms with van der Waals surface area (Å²) in [6.07, 6.45) is 0. The van der Waals surface area contributed by atoms with Gasteiger partial charge in [0.15, 0.2) is 0 Å². The predicted octanol–water partition coefficient (Wildman–Crippen LogP) is 3.06. The number of esters is 1. The van der Waals surface area contributed by atoms with E-state index in [1.807, 2.05) is 25.1 Å². The lowest BCUT2D eigenvalue weighted by Crippen LogP contribution is -2.29. The molecule has 0 heterocycles. The van der Waals surface area contributed by atoms with E-state index in [0.29, 0.717) is 16.5 Å². The molecule has 6 heteroatoms. The second-order valence-corrected chi connectivity index (χ2v) is 6.19. The molecular weight excluding hydrogens is 310 g/mol. The minimum Gasteiger partial charge on any atom is -0.469 e. The van der Waals surface area contributed by atoms with Crippen LogP contribution in [0.25, 0.3) is 0 Å². The van der Waals surface area contributed by atoms with Crippen LogP contribution in [0.4, 0.5) is 0 Å². The number of halogens is 1. The highest BCUT2D eigenvalue weighted by Gasteiger charge is 2.15. The first-order valence-corrected chi connectivity index (χ1v) is 8.18. The van der Waals surface area contributed by atoms with Crippen LogP contribution in [0.5, 0.6) is 0 Å². The lowest BCUT2D eigenvalue weighted by molar-refractivity contribution is -0.144. The summed E-state index contributed by atoms with van der Waals surface area (Å²) in [6.45, 7) is 3.67. The molecule has 1 rings (SSSR count). The molecule has 21 heavy (non-hydrogen) atoms. The summed E-state index contributed by atoms with van der Waals surface area (Å²) < 4.78 is 4.64. The van der Waals surface area contributed by atoms with Gasteiger partial charge in [0.1, 0.15) is 0 Å². The molecule has 0 radical (unpaired) electrons. The maximum absolute atomic E-state index is 11.9. The number of amides is 1. The number of nitrogens with one attached hydrogen (secondary N) is 1. The molecule has 0 fully saturated rings. The standard InChI is InChI=1S/C15H20ClNO3S/c1-10(15(19)20-3)8-21-9-14(18)17-11(2)12-6-4-5-7-13(12)16/h4-7,10-11H,8-9H2,1-3H3,(H,17,18). The van der Waals surface area contributed by atoms with Crippen LogP contribution in [0.15, 0.2) is 24.3 Å². The Morgan fingerprint density at radius 3 is 2.62 bits per heavy atom. The van der Waals surface area contributed by atoms with Gasteiger partial charge in [0, 0.05) is 10.8 Å². The number of rotatable bonds is 7. The Labute approximate surface area is 134 Å². The van der Waals surface area contributed by atoms with Gasteiger partial charge in [-0.3, -0.25) is 9.59 Å². The predicted molar refractivity (Wildman–Crippen MR) is 86.5 cm³/mol. The third-order valence-electron chi connectivity index (χ3n) is 2.95. The van der Waals surface area contributed by atoms with Crippen LogP contribution in [0.3, 0.4) is 0 Å². The average molecular weight is 330 g/mol. The highest BCUT2D eigenvalue weighted by Crippen LogP contribution is 2.22. The molecule has 4 nitrogen and oxygen atoms in total. The molecule has 1 aromatic carbocycles. The van der Waals surface area contributed by atoms with Gasteiger partial charge in [0.2, 0.25) is 5.91 Å². The second kappa shape index (κ2) is 8.95. The smallest absolute Gasteiger partial charge is 0.309 e. The van der Waals surface area contributed by atoms with Gasteiger partial charge in [-0.05, 0) is 18.6 Å². The Morgan fingerprint density at radius 2 is 2.00 bits per heavy atom. The van der Waals surface area contributed by atoms with E-state index < -0.39 is 0 Å². The van der Waals surface area contributed by atoms with Gasteiger partial charge < -0.3 is 10.1 Å². The van der Waals surface area contributed by atoms with Crippen LogP contribution in [-0.4, -0.2) is 30.5 Å². The molecule has 0 spiro atoms. The van der Waals surface area contributed by atoms with Crippen molar-refractivity contribution in [2.24, 2.45) is 5.92 Å². The van der Waals surface area contributed by atoms with Crippen molar-refractivity contribution in [2.75, 3.05) is 18.6 Å². The zero-order valence-electron chi connectivity index (χ0n) is 12.4. The van der Waals surface area contributed by atoms with Crippen molar-refractivity contribution in [3.05, 3.63) is 34.9 Å². The monoisotopic (exact) mass is 329 g/mol. The van der Waals surface area contributed by atoms with Crippen LogP contribution in [-0.2, 0) is 14.3 Å². The first-order chi connectivity index (χ1) is 9.95. The molecule has 2 unspecified atom stereocenters. The molecular formula is C15H20ClNO3S. The summed E-state index contributed by atoms with van der Waals surface area (Å²) in [5.41, 5.74) is 0.889. The number of hydrogen-bond donors (Lipinski definition) is 1. The van der Waals surface area contributed by atoms with Crippen molar-refractivity contribution < 1.29 is 14.3 Å². The maximum atomic E-state index is 11.9. The van der Waals surface area contributed by atoms with Crippen LogP contribution >= 0.6 is 23.4 Å². The van der Waals surface area contributed by atoms with E-state index in [2.05, 4.69) is 10.1 Å². The van der Waals surface area contributed by atoms with E-state index in [9.17, 15) is 9.59 Å². The minimum atomic E-state index is -0.257. The van der Waals surface area contributed by atoms with Crippen LogP contribution in [0.1, 0.15) is 25.5 Å². The molecule has 0 aliphatic carbocycles. The molecule has 2 atom stereocenters. The third-order valence-corrected chi connectivity index (χ3v) is 4.50. The highest BCUT2D eigenvalue weighted by atomic mass is 35.5. The second-order valence-electron chi connectivity index (χ2n) is 4.75. The fourth-order valence-corrected chi connectivity index (χ4v) is 2.96. The quantitative estimate of drug-likeness (QED) is 0.781. The fourth-order valence-electron chi connectivity index (χ4n) is 1.78. The Kier molecular flexibility index (Phi) is 7.61. The van der Waals surface area contributed by atoms with E-state index in [1.54, 1.807) is 13.0 Å². The van der Waals surface area contributed by atoms with Gasteiger partial charge in [0.05, 0.1) is 24.8 Å². The number of methoxy groups -OCH3 is 1. The summed E-state index contributed by atoms with van der Waals surface area (Å²) in [5, 5.41) is 3.53. The topological polar surface area (TPSA) is 55.4 Å². The normalized spacial score (nSPS) is 13.3. The summed E-state index contributed by atoms with van der Waals surface area (Å²) >= 11 is 7.50. The van der Waals surface area contributed by atoms with E-state index in [0.717, 1.165) is 5.56 Å². The number of ether oxygens (including phenoxy) is 1. The molecule has 0 bridgehead atoms. The fraction of sp³-hybridized carbons (Fsp3) is 0.467. The summed E-state index contributed by atoms with van der Waals surface area (Å²) in [6, 6.07) is 7.28. The van der Waals surface area contributed by atoms with Crippen molar-refractivity contribution >= 4 is 35.2 Å². The van der Waals surface area contributed by atoms with Crippen molar-refractivity contribution in [3.63, 3.8) is 0 Å². The molecule has 0 saturated heterocycles. The number of carbonyl (C=O) groups excluding carboxylic acids is 2. The van der Waals surface area contributed by atoms with Gasteiger partial charge in [-0.25, -0.2) is 0 Å². The SMILES string of the molecule is COC(=O)C(C)CSCC(=O)NC(C)c1ccccc1Cl. The molecule has 0 aromatic heterocycles. The van der Waals surface area contributed by atoms with Crippen molar-refractivity contribution in [1.29, 1.82) is 0 Å². The Morgan fingerprint density at radius 1 is 1.33 bits per heavy atom. The Balaban J connectivity index is 2.37. The lowest BCUT2D eigenvalue weighted by Gasteiger charge is -2.16. The molecule has 0 aliphatic heterocycles. The van der Waals surface area contributed by atoms with Gasteiger partial charge in [-0.2, -0.15) is 11.8 Å². The summed E-state index contributed by atoms with van der Waals surface area (Å²) in [4.78, 5) is 23.1. The summed E-state index contributed by atoms with van der Waals surface area (Å²) in [5.74, 6) is 0.307. The molecule has 0 aliphatic rings. The molecule has 1 N–H and O–H groups in total. The zero-order valence-corrected chi connectivity index (χ0v) is 14.0. The average Bonchev–Trinajstić information content (AvgIpc) is 2.46. The number of benzene rings is 1. The molecule has 1 amide bonds. The largest absolute Gasteiger partial charge is 0.469 e. The minimum absolute atomic E-state index is 0.0792. The van der Waals surface area contributed by atoms with Crippen LogP contribution in [0.2, 0.25) is 5.02 Å². The first kappa shape index (κ1) is 17.9. The van der Waals surface area contributed by atoms with Crippen molar-refractivity contribution in [3.8, 4) is 0 Å². The van der Waals surface area contributed by atoms with E-state index in [-0.39, 0.29) is 23.8 Å². The number of carbonyl (C=O) groups is 2. The van der Waals surface area contributed by atoms with E-state index >= 15 is 0 Å². The Bertz CT molecular complexity index is 496. The first-order valence-electron chi connectivity index (χ1n) is 6.65. The number of thioether (sulfide) groups is 1. The molecule has 116 valence electrons. The van der Waals surface area contributed by atoms with Crippen molar-refractivity contribution in [1.82, 2.24) is 5.32 Å². The highest BCUT2D eigenvalue weighted by molar-refractivity contribution is 7.99. The van der Waals surface area contributed by atoms with Gasteiger partial charge in [0.25, 0.3) is 0 Å². The number of hydrogen-bond acceptors (Lipinski definition) is 4. The molecule has 0 saturated carbocycles. The maximum Gasteiger partial charge on any atom is 0.309 e. The third kappa shape index (κ3) is 5.98. The Hall–Kier alpha value is -1.20. The van der Waals surface area contributed by atoms with Crippen molar-refractivity contribution in [2.45, 2.75) is 19.9 Å². The molecule has 1 aromatic rings. The van der Waals surface area contributed by atoms with Gasteiger partial charge in [-0.1, -0.05) is 36.7 Å². The summed E-state index contributed by atoms with van der Waals surface area (Å²) in [7, 11) is 1.36. The van der Waals surface area contributed by atoms with E-state index in [4.69, 9.17) is 11.6 Å².